The summed E-state index contributed by atoms with van der Waals surface area (Å²) < 4.78 is 112. The second kappa shape index (κ2) is 13.0. The van der Waals surface area contributed by atoms with Crippen LogP contribution in [0.25, 0.3) is 0 Å². The summed E-state index contributed by atoms with van der Waals surface area (Å²) >= 11 is 0. The van der Waals surface area contributed by atoms with Gasteiger partial charge in [-0.25, -0.2) is 34.8 Å². The van der Waals surface area contributed by atoms with Crippen LogP contribution in [0.3, 0.4) is 0 Å². The van der Waals surface area contributed by atoms with Gasteiger partial charge >= 0.3 is 0 Å². The molecule has 1 saturated carbocycles. The summed E-state index contributed by atoms with van der Waals surface area (Å²) in [5, 5.41) is 7.42. The zero-order valence-electron chi connectivity index (χ0n) is 23.8. The molecule has 1 aliphatic rings. The monoisotopic (exact) mass is 640 g/mol. The largest absolute Gasteiger partial charge is 0.398 e. The van der Waals surface area contributed by atoms with Crippen molar-refractivity contribution in [2.24, 2.45) is 0 Å². The van der Waals surface area contributed by atoms with E-state index in [9.17, 15) is 35.2 Å². The Morgan fingerprint density at radius 2 is 1.50 bits per heavy atom. The maximum absolute atomic E-state index is 15.3. The van der Waals surface area contributed by atoms with Crippen molar-refractivity contribution in [3.8, 4) is 0 Å². The van der Waals surface area contributed by atoms with Gasteiger partial charge in [0.05, 0.1) is 12.2 Å². The van der Waals surface area contributed by atoms with Crippen molar-refractivity contribution in [2.75, 3.05) is 17.7 Å². The number of carbonyl (C=O) groups is 1. The fourth-order valence-electron chi connectivity index (χ4n) is 5.27. The SMILES string of the molecule is C[C@H](C(=O)N(Cc1ccc(C2CCCCC2)cc1)c1cc(N)c(C=N)cc1F)N(C)S(=O)(=O)c1c(F)c(F)c(F)c(F)c1F. The van der Waals surface area contributed by atoms with E-state index >= 15 is 4.39 Å². The van der Waals surface area contributed by atoms with Gasteiger partial charge in [0.15, 0.2) is 28.2 Å². The lowest BCUT2D eigenvalue weighted by Gasteiger charge is -2.31. The molecular formula is C30H30F6N4O3S. The Kier molecular flexibility index (Phi) is 9.74. The molecule has 3 aromatic rings. The number of benzene rings is 3. The van der Waals surface area contributed by atoms with Crippen LogP contribution in [-0.4, -0.2) is 37.9 Å². The average molecular weight is 641 g/mol. The van der Waals surface area contributed by atoms with Crippen molar-refractivity contribution in [3.05, 3.63) is 88.0 Å². The third-order valence-electron chi connectivity index (χ3n) is 7.97. The van der Waals surface area contributed by atoms with Gasteiger partial charge in [0.25, 0.3) is 0 Å². The van der Waals surface area contributed by atoms with Crippen LogP contribution in [0.5, 0.6) is 0 Å². The molecule has 0 heterocycles. The van der Waals surface area contributed by atoms with Gasteiger partial charge in [0.2, 0.25) is 21.7 Å². The van der Waals surface area contributed by atoms with Gasteiger partial charge in [0, 0.05) is 24.5 Å². The van der Waals surface area contributed by atoms with E-state index in [1.165, 1.54) is 6.42 Å². The van der Waals surface area contributed by atoms with Crippen LogP contribution in [-0.2, 0) is 21.4 Å². The number of nitrogens with one attached hydrogen (secondary N) is 1. The molecule has 1 fully saturated rings. The first-order valence-corrected chi connectivity index (χ1v) is 15.1. The lowest BCUT2D eigenvalue weighted by molar-refractivity contribution is -0.121. The quantitative estimate of drug-likeness (QED) is 0.0929. The molecular weight excluding hydrogens is 610 g/mol. The molecule has 0 saturated heterocycles. The molecule has 0 aromatic heterocycles. The van der Waals surface area contributed by atoms with Gasteiger partial charge in [-0.1, -0.05) is 43.5 Å². The molecule has 3 aromatic carbocycles. The van der Waals surface area contributed by atoms with Gasteiger partial charge in [-0.2, -0.15) is 4.31 Å². The van der Waals surface area contributed by atoms with Crippen LogP contribution in [0.2, 0.25) is 0 Å². The topological polar surface area (TPSA) is 108 Å². The summed E-state index contributed by atoms with van der Waals surface area (Å²) in [5.41, 5.74) is 7.11. The summed E-state index contributed by atoms with van der Waals surface area (Å²) in [6, 6.07) is 7.40. The van der Waals surface area contributed by atoms with E-state index in [-0.39, 0.29) is 27.8 Å². The number of sulfonamides is 1. The first-order chi connectivity index (χ1) is 20.7. The van der Waals surface area contributed by atoms with E-state index in [1.807, 2.05) is 12.1 Å². The summed E-state index contributed by atoms with van der Waals surface area (Å²) in [6.07, 6.45) is 6.26. The van der Waals surface area contributed by atoms with Gasteiger partial charge < -0.3 is 16.0 Å². The van der Waals surface area contributed by atoms with Crippen LogP contribution >= 0.6 is 0 Å². The summed E-state index contributed by atoms with van der Waals surface area (Å²) in [5.74, 6) is -14.4. The van der Waals surface area contributed by atoms with Crippen LogP contribution in [0.1, 0.15) is 61.6 Å². The minimum Gasteiger partial charge on any atom is -0.398 e. The van der Waals surface area contributed by atoms with Crippen molar-refractivity contribution in [3.63, 3.8) is 0 Å². The van der Waals surface area contributed by atoms with Gasteiger partial charge in [-0.3, -0.25) is 4.79 Å². The van der Waals surface area contributed by atoms with Crippen molar-refractivity contribution in [1.29, 1.82) is 5.41 Å². The molecule has 1 aliphatic carbocycles. The highest BCUT2D eigenvalue weighted by molar-refractivity contribution is 7.89. The molecule has 3 N–H and O–H groups in total. The zero-order chi connectivity index (χ0) is 32.5. The summed E-state index contributed by atoms with van der Waals surface area (Å²) in [7, 11) is -4.78. The van der Waals surface area contributed by atoms with Crippen LogP contribution in [0.4, 0.5) is 37.7 Å². The maximum atomic E-state index is 15.3. The number of nitrogens with zero attached hydrogens (tertiary/aromatic N) is 2. The van der Waals surface area contributed by atoms with Gasteiger partial charge in [-0.15, -0.1) is 0 Å². The van der Waals surface area contributed by atoms with Crippen LogP contribution < -0.4 is 10.6 Å². The van der Waals surface area contributed by atoms with Gasteiger partial charge in [0.1, 0.15) is 11.9 Å². The second-order valence-corrected chi connectivity index (χ2v) is 12.6. The Hall–Kier alpha value is -3.91. The highest BCUT2D eigenvalue weighted by Crippen LogP contribution is 2.34. The fraction of sp³-hybridized carbons (Fsp3) is 0.333. The molecule has 1 atom stereocenters. The van der Waals surface area contributed by atoms with Crippen LogP contribution in [0.15, 0.2) is 41.3 Å². The fourth-order valence-corrected chi connectivity index (χ4v) is 6.69. The highest BCUT2D eigenvalue weighted by Gasteiger charge is 2.40. The predicted molar refractivity (Wildman–Crippen MR) is 153 cm³/mol. The number of likely N-dealkylation sites (N-methyl/N-ethyl adjacent to an activating group) is 1. The predicted octanol–water partition coefficient (Wildman–Crippen LogP) is 6.39. The first kappa shape index (κ1) is 33.0. The Morgan fingerprint density at radius 3 is 2.05 bits per heavy atom. The standard InChI is InChI=1S/C30H30F6N4O3S/c1-16(39(2)44(42,43)29-27(35)25(33)24(32)26(34)28(29)36)30(41)40(23-13-22(38)20(14-37)12-21(23)31)15-17-8-10-19(11-9-17)18-6-4-3-5-7-18/h8-14,16,18,37H,3-7,15,38H2,1-2H3/t16-/m1/s1. The van der Waals surface area contributed by atoms with E-state index in [1.54, 1.807) is 12.1 Å². The minimum atomic E-state index is -5.50. The van der Waals surface area contributed by atoms with Crippen molar-refractivity contribution >= 4 is 33.5 Å². The number of hydrogen-bond acceptors (Lipinski definition) is 5. The normalized spacial score (nSPS) is 14.9. The van der Waals surface area contributed by atoms with Crippen molar-refractivity contribution in [1.82, 2.24) is 4.31 Å². The molecule has 0 radical (unpaired) electrons. The third-order valence-corrected chi connectivity index (χ3v) is 9.92. The number of hydrogen-bond donors (Lipinski definition) is 2. The second-order valence-electron chi connectivity index (χ2n) is 10.7. The molecule has 0 unspecified atom stereocenters. The summed E-state index contributed by atoms with van der Waals surface area (Å²) in [4.78, 5) is 12.6. The lowest BCUT2D eigenvalue weighted by Crippen LogP contribution is -2.48. The van der Waals surface area contributed by atoms with Crippen molar-refractivity contribution in [2.45, 2.75) is 62.4 Å². The van der Waals surface area contributed by atoms with E-state index in [0.717, 1.165) is 68.5 Å². The van der Waals surface area contributed by atoms with E-state index in [0.29, 0.717) is 11.5 Å². The third kappa shape index (κ3) is 6.18. The van der Waals surface area contributed by atoms with E-state index < -0.39 is 61.8 Å². The Balaban J connectivity index is 1.73. The van der Waals surface area contributed by atoms with Gasteiger partial charge in [-0.05, 0) is 48.9 Å². The number of rotatable bonds is 9. The molecule has 1 amide bonds. The van der Waals surface area contributed by atoms with E-state index in [4.69, 9.17) is 11.1 Å². The molecule has 0 spiro atoms. The molecule has 14 heteroatoms. The number of amides is 1. The number of nitrogens with two attached hydrogens (primary N) is 1. The molecule has 0 aliphatic heterocycles. The Labute approximate surface area is 250 Å². The zero-order valence-corrected chi connectivity index (χ0v) is 24.6. The lowest BCUT2D eigenvalue weighted by atomic mass is 9.84. The smallest absolute Gasteiger partial charge is 0.249 e. The summed E-state index contributed by atoms with van der Waals surface area (Å²) in [6.45, 7) is 0.711. The van der Waals surface area contributed by atoms with E-state index in [2.05, 4.69) is 0 Å². The van der Waals surface area contributed by atoms with Crippen molar-refractivity contribution < 1.29 is 39.6 Å². The Morgan fingerprint density at radius 1 is 0.955 bits per heavy atom. The Bertz CT molecular complexity index is 1670. The number of carbonyl (C=O) groups excluding carboxylic acids is 1. The first-order valence-electron chi connectivity index (χ1n) is 13.7. The molecule has 4 rings (SSSR count). The molecule has 236 valence electrons. The average Bonchev–Trinajstić information content (AvgIpc) is 3.02. The highest BCUT2D eigenvalue weighted by atomic mass is 32.2. The molecule has 44 heavy (non-hydrogen) atoms. The maximum Gasteiger partial charge on any atom is 0.249 e. The molecule has 0 bridgehead atoms. The van der Waals surface area contributed by atoms with Crippen LogP contribution in [0, 0.1) is 40.3 Å². The minimum absolute atomic E-state index is 0.00883. The number of halogens is 6. The molecule has 7 nitrogen and oxygen atoms in total. The number of nitrogen functional groups attached to an aromatic ring is 1. The number of anilines is 2.